The van der Waals surface area contributed by atoms with Gasteiger partial charge >= 0.3 is 0 Å². The summed E-state index contributed by atoms with van der Waals surface area (Å²) in [5.74, 6) is -0.394. The van der Waals surface area contributed by atoms with Gasteiger partial charge in [-0.15, -0.1) is 11.3 Å². The van der Waals surface area contributed by atoms with E-state index in [0.29, 0.717) is 11.4 Å². The molecule has 0 aromatic carbocycles. The number of nitrogens with zero attached hydrogens (tertiary/aromatic N) is 2. The van der Waals surface area contributed by atoms with Crippen LogP contribution in [0.4, 0.5) is 0 Å². The van der Waals surface area contributed by atoms with Crippen molar-refractivity contribution in [2.45, 2.75) is 13.0 Å². The number of hydrogen-bond acceptors (Lipinski definition) is 4. The van der Waals surface area contributed by atoms with Crippen LogP contribution in [0, 0.1) is 0 Å². The van der Waals surface area contributed by atoms with Crippen LogP contribution in [0.2, 0.25) is 0 Å². The topological polar surface area (TPSA) is 76.0 Å². The molecular weight excluding hydrogens is 276 g/mol. The third-order valence-electron chi connectivity index (χ3n) is 2.63. The van der Waals surface area contributed by atoms with Gasteiger partial charge in [-0.2, -0.15) is 0 Å². The lowest BCUT2D eigenvalue weighted by Gasteiger charge is -2.06. The van der Waals surface area contributed by atoms with E-state index in [4.69, 9.17) is 0 Å². The third-order valence-corrected chi connectivity index (χ3v) is 3.50. The van der Waals surface area contributed by atoms with Crippen molar-refractivity contribution in [1.29, 1.82) is 0 Å². The van der Waals surface area contributed by atoms with Crippen molar-refractivity contribution in [3.05, 3.63) is 41.1 Å². The van der Waals surface area contributed by atoms with Crippen molar-refractivity contribution in [3.63, 3.8) is 0 Å². The first kappa shape index (κ1) is 14.3. The lowest BCUT2D eigenvalue weighted by atomic mass is 10.4. The van der Waals surface area contributed by atoms with Gasteiger partial charge in [-0.3, -0.25) is 9.59 Å². The molecule has 2 aromatic rings. The van der Waals surface area contributed by atoms with Gasteiger partial charge in [0.15, 0.2) is 0 Å². The number of nitrogens with one attached hydrogen (secondary N) is 2. The van der Waals surface area contributed by atoms with Gasteiger partial charge in [-0.1, -0.05) is 6.07 Å². The second-order valence-electron chi connectivity index (χ2n) is 4.16. The summed E-state index contributed by atoms with van der Waals surface area (Å²) in [6.45, 7) is 1.38. The van der Waals surface area contributed by atoms with Gasteiger partial charge in [0.05, 0.1) is 17.7 Å². The Labute approximate surface area is 120 Å². The third kappa shape index (κ3) is 4.51. The van der Waals surface area contributed by atoms with Crippen LogP contribution in [0.15, 0.2) is 36.2 Å². The Hall–Kier alpha value is -2.15. The molecule has 0 aliphatic heterocycles. The van der Waals surface area contributed by atoms with Crippen LogP contribution in [0.25, 0.3) is 0 Å². The van der Waals surface area contributed by atoms with Crippen molar-refractivity contribution in [2.24, 2.45) is 0 Å². The molecule has 0 radical (unpaired) electrons. The highest BCUT2D eigenvalue weighted by Gasteiger charge is 2.07. The summed E-state index contributed by atoms with van der Waals surface area (Å²) >= 11 is 1.35. The van der Waals surface area contributed by atoms with Crippen molar-refractivity contribution >= 4 is 23.2 Å². The number of carbonyl (C=O) groups is 2. The van der Waals surface area contributed by atoms with E-state index in [1.807, 2.05) is 16.1 Å². The minimum atomic E-state index is -0.214. The van der Waals surface area contributed by atoms with Gasteiger partial charge in [0.1, 0.15) is 0 Å². The van der Waals surface area contributed by atoms with Crippen molar-refractivity contribution in [2.75, 3.05) is 13.1 Å². The summed E-state index contributed by atoms with van der Waals surface area (Å²) in [5, 5.41) is 7.17. The van der Waals surface area contributed by atoms with Crippen molar-refractivity contribution in [1.82, 2.24) is 20.2 Å². The molecule has 0 bridgehead atoms. The Morgan fingerprint density at radius 3 is 2.95 bits per heavy atom. The summed E-state index contributed by atoms with van der Waals surface area (Å²) in [6.07, 6.45) is 6.16. The summed E-state index contributed by atoms with van der Waals surface area (Å²) in [6, 6.07) is 3.53. The van der Waals surface area contributed by atoms with Crippen LogP contribution in [-0.2, 0) is 11.3 Å². The van der Waals surface area contributed by atoms with E-state index in [0.717, 1.165) is 13.0 Å². The molecule has 2 N–H and O–H groups in total. The number of rotatable bonds is 7. The molecule has 2 aromatic heterocycles. The molecule has 7 heteroatoms. The smallest absolute Gasteiger partial charge is 0.261 e. The second kappa shape index (κ2) is 7.44. The van der Waals surface area contributed by atoms with E-state index in [1.165, 1.54) is 11.3 Å². The number of thiophene rings is 1. The monoisotopic (exact) mass is 292 g/mol. The fourth-order valence-corrected chi connectivity index (χ4v) is 2.27. The Morgan fingerprint density at radius 1 is 1.35 bits per heavy atom. The Bertz CT molecular complexity index is 537. The summed E-state index contributed by atoms with van der Waals surface area (Å²) in [7, 11) is 0. The SMILES string of the molecule is O=C(CNC(=O)c1cccs1)NCCCn1ccnc1. The largest absolute Gasteiger partial charge is 0.355 e. The number of imidazole rings is 1. The number of amides is 2. The summed E-state index contributed by atoms with van der Waals surface area (Å²) < 4.78 is 1.95. The molecular formula is C13H16N4O2S. The highest BCUT2D eigenvalue weighted by atomic mass is 32.1. The second-order valence-corrected chi connectivity index (χ2v) is 5.11. The van der Waals surface area contributed by atoms with E-state index in [9.17, 15) is 9.59 Å². The van der Waals surface area contributed by atoms with Crippen LogP contribution in [-0.4, -0.2) is 34.5 Å². The average molecular weight is 292 g/mol. The highest BCUT2D eigenvalue weighted by molar-refractivity contribution is 7.12. The van der Waals surface area contributed by atoms with Crippen LogP contribution < -0.4 is 10.6 Å². The molecule has 0 unspecified atom stereocenters. The molecule has 0 spiro atoms. The number of aryl methyl sites for hydroxylation is 1. The number of hydrogen-bond donors (Lipinski definition) is 2. The molecule has 6 nitrogen and oxygen atoms in total. The Balaban J connectivity index is 1.57. The maximum Gasteiger partial charge on any atom is 0.261 e. The molecule has 106 valence electrons. The Morgan fingerprint density at radius 2 is 2.25 bits per heavy atom. The fourth-order valence-electron chi connectivity index (χ4n) is 1.63. The van der Waals surface area contributed by atoms with Crippen LogP contribution in [0.1, 0.15) is 16.1 Å². The lowest BCUT2D eigenvalue weighted by molar-refractivity contribution is -0.120. The molecule has 0 aliphatic carbocycles. The zero-order valence-electron chi connectivity index (χ0n) is 10.9. The predicted molar refractivity (Wildman–Crippen MR) is 76.5 cm³/mol. The van der Waals surface area contributed by atoms with E-state index in [1.54, 1.807) is 24.7 Å². The molecule has 0 saturated heterocycles. The molecule has 2 amide bonds. The zero-order chi connectivity index (χ0) is 14.2. The van der Waals surface area contributed by atoms with E-state index in [-0.39, 0.29) is 18.4 Å². The van der Waals surface area contributed by atoms with E-state index >= 15 is 0 Å². The van der Waals surface area contributed by atoms with Gasteiger partial charge in [-0.05, 0) is 17.9 Å². The molecule has 0 atom stereocenters. The molecule has 0 aliphatic rings. The molecule has 0 fully saturated rings. The fraction of sp³-hybridized carbons (Fsp3) is 0.308. The normalized spacial score (nSPS) is 10.2. The minimum absolute atomic E-state index is 0.00179. The van der Waals surface area contributed by atoms with Gasteiger partial charge in [0.25, 0.3) is 5.91 Å². The minimum Gasteiger partial charge on any atom is -0.355 e. The first-order chi connectivity index (χ1) is 9.75. The van der Waals surface area contributed by atoms with Crippen LogP contribution in [0.3, 0.4) is 0 Å². The van der Waals surface area contributed by atoms with Gasteiger partial charge in [-0.25, -0.2) is 4.98 Å². The standard InChI is InChI=1S/C13H16N4O2S/c18-12(9-16-13(19)11-3-1-8-20-11)15-4-2-6-17-7-5-14-10-17/h1,3,5,7-8,10H,2,4,6,9H2,(H,15,18)(H,16,19). The average Bonchev–Trinajstić information content (AvgIpc) is 3.13. The first-order valence-corrected chi connectivity index (χ1v) is 7.18. The van der Waals surface area contributed by atoms with E-state index in [2.05, 4.69) is 15.6 Å². The van der Waals surface area contributed by atoms with E-state index < -0.39 is 0 Å². The van der Waals surface area contributed by atoms with Gasteiger partial charge < -0.3 is 15.2 Å². The van der Waals surface area contributed by atoms with Crippen molar-refractivity contribution in [3.8, 4) is 0 Å². The maximum absolute atomic E-state index is 11.6. The van der Waals surface area contributed by atoms with Gasteiger partial charge in [0, 0.05) is 25.5 Å². The summed E-state index contributed by atoms with van der Waals surface area (Å²) in [5.41, 5.74) is 0. The number of aromatic nitrogens is 2. The summed E-state index contributed by atoms with van der Waals surface area (Å²) in [4.78, 5) is 27.7. The predicted octanol–water partition coefficient (Wildman–Crippen LogP) is 0.881. The molecule has 2 rings (SSSR count). The quantitative estimate of drug-likeness (QED) is 0.744. The van der Waals surface area contributed by atoms with Crippen LogP contribution in [0.5, 0.6) is 0 Å². The molecule has 2 heterocycles. The molecule has 0 saturated carbocycles. The molecule has 20 heavy (non-hydrogen) atoms. The highest BCUT2D eigenvalue weighted by Crippen LogP contribution is 2.07. The van der Waals surface area contributed by atoms with Crippen molar-refractivity contribution < 1.29 is 9.59 Å². The Kier molecular flexibility index (Phi) is 5.31. The van der Waals surface area contributed by atoms with Gasteiger partial charge in [0.2, 0.25) is 5.91 Å². The first-order valence-electron chi connectivity index (χ1n) is 6.30. The number of carbonyl (C=O) groups excluding carboxylic acids is 2. The maximum atomic E-state index is 11.6. The lowest BCUT2D eigenvalue weighted by Crippen LogP contribution is -2.37. The van der Waals surface area contributed by atoms with Crippen LogP contribution >= 0.6 is 11.3 Å². The zero-order valence-corrected chi connectivity index (χ0v) is 11.7.